The Bertz CT molecular complexity index is 584. The third-order valence-electron chi connectivity index (χ3n) is 4.49. The lowest BCUT2D eigenvalue weighted by molar-refractivity contribution is -0.274. The molecule has 1 amide bonds. The molecule has 0 saturated carbocycles. The normalized spacial score (nSPS) is 17.7. The van der Waals surface area contributed by atoms with Crippen molar-refractivity contribution in [3.05, 3.63) is 28.8 Å². The summed E-state index contributed by atoms with van der Waals surface area (Å²) in [5.41, 5.74) is 0.880. The van der Waals surface area contributed by atoms with Crippen LogP contribution in [0.5, 0.6) is 5.75 Å². The average molecular weight is 364 g/mol. The van der Waals surface area contributed by atoms with E-state index in [1.165, 1.54) is 12.1 Å². The van der Waals surface area contributed by atoms with E-state index in [0.29, 0.717) is 13.1 Å². The van der Waals surface area contributed by atoms with Gasteiger partial charge in [0.1, 0.15) is 5.75 Å². The van der Waals surface area contributed by atoms with Gasteiger partial charge in [-0.15, -0.1) is 13.2 Å². The van der Waals surface area contributed by atoms with Crippen molar-refractivity contribution in [1.82, 2.24) is 4.90 Å². The number of carbonyl (C=O) groups excluding carboxylic acids is 1. The Kier molecular flexibility index (Phi) is 6.01. The van der Waals surface area contributed by atoms with E-state index in [1.54, 1.807) is 6.07 Å². The Hall–Kier alpha value is -1.43. The number of ether oxygens (including phenoxy) is 1. The second-order valence-corrected chi connectivity index (χ2v) is 6.55. The molecule has 1 aromatic rings. The fraction of sp³-hybridized carbons (Fsp3) is 0.588. The Morgan fingerprint density at radius 3 is 2.50 bits per heavy atom. The molecule has 2 rings (SSSR count). The molecule has 1 atom stereocenters. The van der Waals surface area contributed by atoms with Gasteiger partial charge in [0.25, 0.3) is 0 Å². The number of hydrogen-bond donors (Lipinski definition) is 0. The quantitative estimate of drug-likeness (QED) is 0.754. The summed E-state index contributed by atoms with van der Waals surface area (Å²) in [4.78, 5) is 14.1. The van der Waals surface area contributed by atoms with E-state index in [2.05, 4.69) is 4.74 Å². The summed E-state index contributed by atoms with van der Waals surface area (Å²) in [6.45, 7) is 5.23. The second-order valence-electron chi connectivity index (χ2n) is 6.15. The van der Waals surface area contributed by atoms with Gasteiger partial charge in [-0.3, -0.25) is 4.79 Å². The SMILES string of the molecule is CC[C@H](C)C(=O)N1CCC(c2ccc(OC(F)(F)F)c(Cl)c2)CC1. The van der Waals surface area contributed by atoms with Gasteiger partial charge in [0.2, 0.25) is 5.91 Å². The van der Waals surface area contributed by atoms with Crippen LogP contribution in [0.2, 0.25) is 5.02 Å². The van der Waals surface area contributed by atoms with E-state index < -0.39 is 12.1 Å². The number of benzene rings is 1. The molecule has 1 saturated heterocycles. The number of likely N-dealkylation sites (tertiary alicyclic amines) is 1. The molecule has 0 bridgehead atoms. The highest BCUT2D eigenvalue weighted by Crippen LogP contribution is 2.35. The molecule has 1 fully saturated rings. The van der Waals surface area contributed by atoms with Gasteiger partial charge >= 0.3 is 6.36 Å². The number of rotatable bonds is 4. The van der Waals surface area contributed by atoms with E-state index in [-0.39, 0.29) is 22.8 Å². The molecule has 1 aromatic carbocycles. The lowest BCUT2D eigenvalue weighted by Crippen LogP contribution is -2.40. The molecule has 134 valence electrons. The molecule has 0 unspecified atom stereocenters. The van der Waals surface area contributed by atoms with Crippen LogP contribution in [-0.2, 0) is 4.79 Å². The first-order chi connectivity index (χ1) is 11.2. The molecule has 7 heteroatoms. The maximum absolute atomic E-state index is 12.3. The molecular weight excluding hydrogens is 343 g/mol. The minimum atomic E-state index is -4.76. The van der Waals surface area contributed by atoms with Crippen LogP contribution in [0.4, 0.5) is 13.2 Å². The molecule has 0 radical (unpaired) electrons. The van der Waals surface area contributed by atoms with Crippen LogP contribution < -0.4 is 4.74 Å². The molecule has 0 aromatic heterocycles. The molecule has 24 heavy (non-hydrogen) atoms. The zero-order valence-corrected chi connectivity index (χ0v) is 14.5. The first-order valence-electron chi connectivity index (χ1n) is 8.05. The fourth-order valence-corrected chi connectivity index (χ4v) is 3.13. The first-order valence-corrected chi connectivity index (χ1v) is 8.43. The van der Waals surface area contributed by atoms with Crippen molar-refractivity contribution in [2.24, 2.45) is 5.92 Å². The Balaban J connectivity index is 1.99. The van der Waals surface area contributed by atoms with Gasteiger partial charge in [-0.25, -0.2) is 0 Å². The van der Waals surface area contributed by atoms with E-state index in [4.69, 9.17) is 11.6 Å². The highest BCUT2D eigenvalue weighted by Gasteiger charge is 2.32. The summed E-state index contributed by atoms with van der Waals surface area (Å²) < 4.78 is 40.7. The molecule has 1 heterocycles. The Morgan fingerprint density at radius 2 is 2.00 bits per heavy atom. The number of halogens is 4. The monoisotopic (exact) mass is 363 g/mol. The minimum Gasteiger partial charge on any atom is -0.404 e. The molecule has 3 nitrogen and oxygen atoms in total. The van der Waals surface area contributed by atoms with Crippen molar-refractivity contribution in [3.63, 3.8) is 0 Å². The largest absolute Gasteiger partial charge is 0.573 e. The molecular formula is C17H21ClF3NO2. The smallest absolute Gasteiger partial charge is 0.404 e. The zero-order valence-electron chi connectivity index (χ0n) is 13.7. The standard InChI is InChI=1S/C17H21ClF3NO2/c1-3-11(2)16(23)22-8-6-12(7-9-22)13-4-5-15(14(18)10-13)24-17(19,20)21/h4-5,10-12H,3,6-9H2,1-2H3/t11-/m0/s1. The lowest BCUT2D eigenvalue weighted by atomic mass is 9.89. The van der Waals surface area contributed by atoms with Gasteiger partial charge in [-0.2, -0.15) is 0 Å². The van der Waals surface area contributed by atoms with Gasteiger partial charge in [-0.1, -0.05) is 31.5 Å². The van der Waals surface area contributed by atoms with Crippen LogP contribution in [0, 0.1) is 5.92 Å². The van der Waals surface area contributed by atoms with Crippen LogP contribution in [0.1, 0.15) is 44.6 Å². The van der Waals surface area contributed by atoms with Crippen molar-refractivity contribution in [2.45, 2.75) is 45.4 Å². The summed E-state index contributed by atoms with van der Waals surface area (Å²) >= 11 is 5.90. The average Bonchev–Trinajstić information content (AvgIpc) is 2.54. The van der Waals surface area contributed by atoms with Crippen molar-refractivity contribution < 1.29 is 22.7 Å². The summed E-state index contributed by atoms with van der Waals surface area (Å²) in [6, 6.07) is 4.39. The minimum absolute atomic E-state index is 0.0230. The van der Waals surface area contributed by atoms with E-state index in [9.17, 15) is 18.0 Å². The Morgan fingerprint density at radius 1 is 1.38 bits per heavy atom. The number of nitrogens with zero attached hydrogens (tertiary/aromatic N) is 1. The van der Waals surface area contributed by atoms with E-state index in [1.807, 2.05) is 18.7 Å². The number of piperidine rings is 1. The van der Waals surface area contributed by atoms with Crippen molar-refractivity contribution in [2.75, 3.05) is 13.1 Å². The first kappa shape index (κ1) is 18.9. The maximum Gasteiger partial charge on any atom is 0.573 e. The van der Waals surface area contributed by atoms with E-state index in [0.717, 1.165) is 24.8 Å². The predicted molar refractivity (Wildman–Crippen MR) is 86.1 cm³/mol. The molecule has 0 N–H and O–H groups in total. The summed E-state index contributed by atoms with van der Waals surface area (Å²) in [6.07, 6.45) is -2.39. The summed E-state index contributed by atoms with van der Waals surface area (Å²) in [5.74, 6) is -0.0153. The van der Waals surface area contributed by atoms with Crippen LogP contribution in [-0.4, -0.2) is 30.3 Å². The third-order valence-corrected chi connectivity index (χ3v) is 4.79. The summed E-state index contributed by atoms with van der Waals surface area (Å²) in [7, 11) is 0. The number of carbonyl (C=O) groups is 1. The van der Waals surface area contributed by atoms with E-state index >= 15 is 0 Å². The van der Waals surface area contributed by atoms with Gasteiger partial charge in [0, 0.05) is 19.0 Å². The second kappa shape index (κ2) is 7.64. The van der Waals surface area contributed by atoms with Crippen molar-refractivity contribution in [3.8, 4) is 5.75 Å². The molecule has 0 aliphatic carbocycles. The van der Waals surface area contributed by atoms with Gasteiger partial charge in [0.05, 0.1) is 5.02 Å². The number of alkyl halides is 3. The fourth-order valence-electron chi connectivity index (χ4n) is 2.90. The highest BCUT2D eigenvalue weighted by atomic mass is 35.5. The maximum atomic E-state index is 12.3. The Labute approximate surface area is 144 Å². The topological polar surface area (TPSA) is 29.5 Å². The van der Waals surface area contributed by atoms with Gasteiger partial charge < -0.3 is 9.64 Å². The van der Waals surface area contributed by atoms with Crippen LogP contribution >= 0.6 is 11.6 Å². The highest BCUT2D eigenvalue weighted by molar-refractivity contribution is 6.32. The molecule has 1 aliphatic heterocycles. The third kappa shape index (κ3) is 4.79. The van der Waals surface area contributed by atoms with Gasteiger partial charge in [0.15, 0.2) is 0 Å². The summed E-state index contributed by atoms with van der Waals surface area (Å²) in [5, 5.41) is -0.0528. The zero-order chi connectivity index (χ0) is 17.9. The van der Waals surface area contributed by atoms with Crippen LogP contribution in [0.15, 0.2) is 18.2 Å². The number of amides is 1. The lowest BCUT2D eigenvalue weighted by Gasteiger charge is -2.33. The van der Waals surface area contributed by atoms with Crippen LogP contribution in [0.3, 0.4) is 0 Å². The molecule has 0 spiro atoms. The predicted octanol–water partition coefficient (Wildman–Crippen LogP) is 4.99. The van der Waals surface area contributed by atoms with Crippen LogP contribution in [0.25, 0.3) is 0 Å². The van der Waals surface area contributed by atoms with Gasteiger partial charge in [-0.05, 0) is 42.9 Å². The van der Waals surface area contributed by atoms with Crippen molar-refractivity contribution in [1.29, 1.82) is 0 Å². The molecule has 1 aliphatic rings. The number of hydrogen-bond acceptors (Lipinski definition) is 2. The van der Waals surface area contributed by atoms with Crippen molar-refractivity contribution >= 4 is 17.5 Å².